The van der Waals surface area contributed by atoms with Gasteiger partial charge in [-0.25, -0.2) is 9.98 Å². The summed E-state index contributed by atoms with van der Waals surface area (Å²) in [6.07, 6.45) is 6.94. The number of hydrogen-bond acceptors (Lipinski definition) is 5. The van der Waals surface area contributed by atoms with E-state index in [-0.39, 0.29) is 6.10 Å². The lowest BCUT2D eigenvalue weighted by Gasteiger charge is -2.15. The third-order valence-electron chi connectivity index (χ3n) is 3.81. The molecule has 0 spiro atoms. The molecule has 1 unspecified atom stereocenters. The summed E-state index contributed by atoms with van der Waals surface area (Å²) in [5.74, 6) is 1.77. The summed E-state index contributed by atoms with van der Waals surface area (Å²) in [5.41, 5.74) is 0. The second-order valence-electron chi connectivity index (χ2n) is 5.80. The predicted molar refractivity (Wildman–Crippen MR) is 95.4 cm³/mol. The van der Waals surface area contributed by atoms with Crippen molar-refractivity contribution in [1.82, 2.24) is 15.6 Å². The third kappa shape index (κ3) is 5.35. The zero-order valence-electron chi connectivity index (χ0n) is 14.0. The average molecular weight is 348 g/mol. The standard InChI is InChI=1S/C17H24N4O2S/c1-13-10-19-16(24-13)12-21-17(20-11-15-5-3-9-23-15)18-7-6-14-4-2-8-22-14/h2,4,8,10,15H,3,5-7,9,11-12H2,1H3,(H2,18,20,21). The van der Waals surface area contributed by atoms with Crippen molar-refractivity contribution in [1.29, 1.82) is 0 Å². The minimum absolute atomic E-state index is 0.282. The Labute approximate surface area is 146 Å². The van der Waals surface area contributed by atoms with Gasteiger partial charge in [-0.05, 0) is 31.9 Å². The lowest BCUT2D eigenvalue weighted by molar-refractivity contribution is 0.114. The average Bonchev–Trinajstić information content (AvgIpc) is 3.32. The summed E-state index contributed by atoms with van der Waals surface area (Å²) < 4.78 is 11.0. The molecule has 0 bridgehead atoms. The van der Waals surface area contributed by atoms with Gasteiger partial charge >= 0.3 is 0 Å². The smallest absolute Gasteiger partial charge is 0.191 e. The maximum absolute atomic E-state index is 5.66. The molecule has 0 aromatic carbocycles. The minimum Gasteiger partial charge on any atom is -0.469 e. The first-order valence-electron chi connectivity index (χ1n) is 8.37. The van der Waals surface area contributed by atoms with Crippen molar-refractivity contribution >= 4 is 17.3 Å². The molecule has 2 aromatic rings. The fourth-order valence-corrected chi connectivity index (χ4v) is 3.28. The second kappa shape index (κ2) is 8.84. The van der Waals surface area contributed by atoms with Gasteiger partial charge in [0, 0.05) is 37.2 Å². The van der Waals surface area contributed by atoms with Crippen LogP contribution in [0.2, 0.25) is 0 Å². The molecule has 1 saturated heterocycles. The normalized spacial score (nSPS) is 18.0. The zero-order chi connectivity index (χ0) is 16.6. The number of aliphatic imine (C=N–C) groups is 1. The van der Waals surface area contributed by atoms with E-state index in [4.69, 9.17) is 9.15 Å². The molecule has 0 amide bonds. The third-order valence-corrected chi connectivity index (χ3v) is 4.70. The number of aromatic nitrogens is 1. The highest BCUT2D eigenvalue weighted by Gasteiger charge is 2.15. The SMILES string of the molecule is Cc1cnc(CN=C(NCCc2ccco2)NCC2CCCO2)s1. The van der Waals surface area contributed by atoms with Crippen LogP contribution in [0.15, 0.2) is 34.0 Å². The van der Waals surface area contributed by atoms with E-state index in [0.717, 1.165) is 55.7 Å². The Morgan fingerprint density at radius 2 is 2.42 bits per heavy atom. The van der Waals surface area contributed by atoms with Crippen molar-refractivity contribution < 1.29 is 9.15 Å². The Hall–Kier alpha value is -1.86. The predicted octanol–water partition coefficient (Wildman–Crippen LogP) is 2.50. The molecule has 1 aliphatic heterocycles. The number of thiazole rings is 1. The van der Waals surface area contributed by atoms with E-state index < -0.39 is 0 Å². The molecule has 6 nitrogen and oxygen atoms in total. The van der Waals surface area contributed by atoms with Crippen LogP contribution in [0.5, 0.6) is 0 Å². The summed E-state index contributed by atoms with van der Waals surface area (Å²) in [4.78, 5) is 10.2. The molecule has 1 aliphatic rings. The maximum atomic E-state index is 5.66. The van der Waals surface area contributed by atoms with Gasteiger partial charge in [0.2, 0.25) is 0 Å². The Kier molecular flexibility index (Phi) is 6.26. The molecule has 0 aliphatic carbocycles. The van der Waals surface area contributed by atoms with Gasteiger partial charge in [0.25, 0.3) is 0 Å². The van der Waals surface area contributed by atoms with E-state index in [1.807, 2.05) is 18.3 Å². The van der Waals surface area contributed by atoms with Crippen molar-refractivity contribution in [3.8, 4) is 0 Å². The Bertz CT molecular complexity index is 633. The highest BCUT2D eigenvalue weighted by atomic mass is 32.1. The van der Waals surface area contributed by atoms with Gasteiger partial charge < -0.3 is 19.8 Å². The van der Waals surface area contributed by atoms with Gasteiger partial charge in [-0.15, -0.1) is 11.3 Å². The fourth-order valence-electron chi connectivity index (χ4n) is 2.57. The maximum Gasteiger partial charge on any atom is 0.191 e. The van der Waals surface area contributed by atoms with E-state index in [9.17, 15) is 0 Å². The van der Waals surface area contributed by atoms with Crippen LogP contribution >= 0.6 is 11.3 Å². The molecule has 3 heterocycles. The number of furan rings is 1. The molecule has 0 radical (unpaired) electrons. The van der Waals surface area contributed by atoms with Crippen molar-refractivity contribution in [2.24, 2.45) is 4.99 Å². The van der Waals surface area contributed by atoms with E-state index in [0.29, 0.717) is 6.54 Å². The monoisotopic (exact) mass is 348 g/mol. The highest BCUT2D eigenvalue weighted by molar-refractivity contribution is 7.11. The number of aryl methyl sites for hydroxylation is 1. The summed E-state index contributed by atoms with van der Waals surface area (Å²) in [6, 6.07) is 3.89. The summed E-state index contributed by atoms with van der Waals surface area (Å²) >= 11 is 1.68. The minimum atomic E-state index is 0.282. The summed E-state index contributed by atoms with van der Waals surface area (Å²) in [6.45, 7) is 5.05. The van der Waals surface area contributed by atoms with Crippen molar-refractivity contribution in [3.05, 3.63) is 40.2 Å². The molecule has 1 atom stereocenters. The van der Waals surface area contributed by atoms with Gasteiger partial charge in [-0.3, -0.25) is 0 Å². The van der Waals surface area contributed by atoms with Gasteiger partial charge in [0.1, 0.15) is 10.8 Å². The Morgan fingerprint density at radius 3 is 3.12 bits per heavy atom. The molecule has 2 aromatic heterocycles. The largest absolute Gasteiger partial charge is 0.469 e. The number of hydrogen-bond donors (Lipinski definition) is 2. The molecule has 130 valence electrons. The van der Waals surface area contributed by atoms with Crippen LogP contribution in [0.1, 0.15) is 28.5 Å². The van der Waals surface area contributed by atoms with E-state index in [2.05, 4.69) is 27.5 Å². The Morgan fingerprint density at radius 1 is 1.46 bits per heavy atom. The molecule has 1 fully saturated rings. The molecule has 7 heteroatoms. The first kappa shape index (κ1) is 17.0. The number of rotatable bonds is 7. The number of ether oxygens (including phenoxy) is 1. The fraction of sp³-hybridized carbons (Fsp3) is 0.529. The van der Waals surface area contributed by atoms with Crippen LogP contribution in [0, 0.1) is 6.92 Å². The van der Waals surface area contributed by atoms with Gasteiger partial charge in [-0.1, -0.05) is 0 Å². The van der Waals surface area contributed by atoms with Crippen LogP contribution in [-0.2, 0) is 17.7 Å². The van der Waals surface area contributed by atoms with Crippen LogP contribution in [-0.4, -0.2) is 36.7 Å². The van der Waals surface area contributed by atoms with Gasteiger partial charge in [0.05, 0.1) is 18.9 Å². The second-order valence-corrected chi connectivity index (χ2v) is 7.12. The number of guanidine groups is 1. The first-order valence-corrected chi connectivity index (χ1v) is 9.19. The van der Waals surface area contributed by atoms with Crippen molar-refractivity contribution in [2.45, 2.75) is 38.8 Å². The molecule has 3 rings (SSSR count). The first-order chi connectivity index (χ1) is 11.8. The van der Waals surface area contributed by atoms with E-state index in [1.54, 1.807) is 17.6 Å². The van der Waals surface area contributed by atoms with E-state index >= 15 is 0 Å². The van der Waals surface area contributed by atoms with Gasteiger partial charge in [-0.2, -0.15) is 0 Å². The van der Waals surface area contributed by atoms with Crippen LogP contribution in [0.3, 0.4) is 0 Å². The molecule has 2 N–H and O–H groups in total. The number of nitrogens with zero attached hydrogens (tertiary/aromatic N) is 2. The van der Waals surface area contributed by atoms with Gasteiger partial charge in [0.15, 0.2) is 5.96 Å². The van der Waals surface area contributed by atoms with Crippen LogP contribution < -0.4 is 10.6 Å². The number of nitrogens with one attached hydrogen (secondary N) is 2. The molecular formula is C17H24N4O2S. The lowest BCUT2D eigenvalue weighted by atomic mass is 10.2. The topological polar surface area (TPSA) is 71.7 Å². The molecule has 24 heavy (non-hydrogen) atoms. The van der Waals surface area contributed by atoms with E-state index in [1.165, 1.54) is 4.88 Å². The van der Waals surface area contributed by atoms with Crippen LogP contribution in [0.4, 0.5) is 0 Å². The van der Waals surface area contributed by atoms with Crippen molar-refractivity contribution in [3.63, 3.8) is 0 Å². The quantitative estimate of drug-likeness (QED) is 0.594. The van der Waals surface area contributed by atoms with Crippen LogP contribution in [0.25, 0.3) is 0 Å². The zero-order valence-corrected chi connectivity index (χ0v) is 14.8. The summed E-state index contributed by atoms with van der Waals surface area (Å²) in [7, 11) is 0. The lowest BCUT2D eigenvalue weighted by Crippen LogP contribution is -2.41. The Balaban J connectivity index is 1.51. The molecular weight excluding hydrogens is 324 g/mol. The molecule has 0 saturated carbocycles. The highest BCUT2D eigenvalue weighted by Crippen LogP contribution is 2.12. The van der Waals surface area contributed by atoms with Crippen molar-refractivity contribution in [2.75, 3.05) is 19.7 Å². The summed E-state index contributed by atoms with van der Waals surface area (Å²) in [5, 5.41) is 7.76.